The van der Waals surface area contributed by atoms with Gasteiger partial charge in [-0.2, -0.15) is 5.26 Å². The minimum absolute atomic E-state index is 0.614. The first-order valence-electron chi connectivity index (χ1n) is 6.36. The molecule has 0 aliphatic heterocycles. The minimum atomic E-state index is 0.614. The Morgan fingerprint density at radius 2 is 1.81 bits per heavy atom. The molecule has 0 spiro atoms. The van der Waals surface area contributed by atoms with Crippen LogP contribution in [0.5, 0.6) is 0 Å². The SMILES string of the molecule is CS/C(=C/C(=S)c1ccccc1)Nc1ccccc1C#N. The Hall–Kier alpha value is -2.09. The third-order valence-electron chi connectivity index (χ3n) is 2.85. The molecule has 0 fully saturated rings. The highest BCUT2D eigenvalue weighted by Crippen LogP contribution is 2.21. The van der Waals surface area contributed by atoms with Gasteiger partial charge in [0.2, 0.25) is 0 Å². The number of rotatable bonds is 5. The van der Waals surface area contributed by atoms with Gasteiger partial charge in [0.05, 0.1) is 16.3 Å². The molecule has 0 atom stereocenters. The first-order valence-corrected chi connectivity index (χ1v) is 7.99. The maximum Gasteiger partial charge on any atom is 0.101 e. The van der Waals surface area contributed by atoms with Crippen LogP contribution in [0.15, 0.2) is 65.7 Å². The number of allylic oxidation sites excluding steroid dienone is 1. The van der Waals surface area contributed by atoms with Crippen LogP contribution in [-0.4, -0.2) is 11.1 Å². The van der Waals surface area contributed by atoms with Crippen molar-refractivity contribution >= 4 is 34.5 Å². The average molecular weight is 310 g/mol. The zero-order valence-electron chi connectivity index (χ0n) is 11.5. The number of nitriles is 1. The van der Waals surface area contributed by atoms with Crippen LogP contribution >= 0.6 is 24.0 Å². The number of thioether (sulfide) groups is 1. The van der Waals surface area contributed by atoms with Crippen molar-refractivity contribution < 1.29 is 0 Å². The monoisotopic (exact) mass is 310 g/mol. The van der Waals surface area contributed by atoms with E-state index in [1.54, 1.807) is 17.8 Å². The highest BCUT2D eigenvalue weighted by molar-refractivity contribution is 8.02. The lowest BCUT2D eigenvalue weighted by Crippen LogP contribution is -2.01. The van der Waals surface area contributed by atoms with Crippen molar-refractivity contribution in [1.29, 1.82) is 5.26 Å². The maximum absolute atomic E-state index is 9.12. The summed E-state index contributed by atoms with van der Waals surface area (Å²) in [6, 6.07) is 19.5. The summed E-state index contributed by atoms with van der Waals surface area (Å²) in [4.78, 5) is 0.766. The molecule has 104 valence electrons. The molecule has 2 rings (SSSR count). The second-order valence-electron chi connectivity index (χ2n) is 4.23. The van der Waals surface area contributed by atoms with Crippen molar-refractivity contribution in [2.45, 2.75) is 0 Å². The van der Waals surface area contributed by atoms with E-state index in [0.29, 0.717) is 5.56 Å². The molecule has 1 N–H and O–H groups in total. The van der Waals surface area contributed by atoms with Crippen LogP contribution in [0.4, 0.5) is 5.69 Å². The second-order valence-corrected chi connectivity index (χ2v) is 5.51. The molecule has 0 amide bonds. The smallest absolute Gasteiger partial charge is 0.101 e. The lowest BCUT2D eigenvalue weighted by molar-refractivity contribution is 1.46. The predicted octanol–water partition coefficient (Wildman–Crippen LogP) is 4.59. The molecular weight excluding hydrogens is 296 g/mol. The largest absolute Gasteiger partial charge is 0.349 e. The van der Waals surface area contributed by atoms with Gasteiger partial charge < -0.3 is 5.32 Å². The first kappa shape index (κ1) is 15.3. The molecule has 0 radical (unpaired) electrons. The number of nitrogens with one attached hydrogen (secondary N) is 1. The number of benzene rings is 2. The lowest BCUT2D eigenvalue weighted by atomic mass is 10.1. The van der Waals surface area contributed by atoms with Crippen LogP contribution in [0.3, 0.4) is 0 Å². The molecule has 2 nitrogen and oxygen atoms in total. The van der Waals surface area contributed by atoms with E-state index in [-0.39, 0.29) is 0 Å². The number of para-hydroxylation sites is 1. The van der Waals surface area contributed by atoms with E-state index in [2.05, 4.69) is 11.4 Å². The molecule has 0 saturated carbocycles. The summed E-state index contributed by atoms with van der Waals surface area (Å²) in [5, 5.41) is 13.3. The van der Waals surface area contributed by atoms with Gasteiger partial charge in [0.1, 0.15) is 6.07 Å². The third-order valence-corrected chi connectivity index (χ3v) is 3.86. The maximum atomic E-state index is 9.12. The van der Waals surface area contributed by atoms with E-state index in [1.807, 2.05) is 60.9 Å². The third kappa shape index (κ3) is 4.19. The summed E-state index contributed by atoms with van der Waals surface area (Å²) in [5.74, 6) is 0. The van der Waals surface area contributed by atoms with E-state index in [1.165, 1.54) is 0 Å². The Morgan fingerprint density at radius 3 is 2.48 bits per heavy atom. The van der Waals surface area contributed by atoms with Gasteiger partial charge in [-0.15, -0.1) is 11.8 Å². The van der Waals surface area contributed by atoms with Crippen LogP contribution in [0.2, 0.25) is 0 Å². The summed E-state index contributed by atoms with van der Waals surface area (Å²) in [5.41, 5.74) is 2.41. The molecule has 0 aliphatic rings. The van der Waals surface area contributed by atoms with Crippen molar-refractivity contribution in [1.82, 2.24) is 0 Å². The van der Waals surface area contributed by atoms with Gasteiger partial charge in [0, 0.05) is 4.86 Å². The van der Waals surface area contributed by atoms with Gasteiger partial charge in [-0.25, -0.2) is 0 Å². The molecule has 2 aromatic carbocycles. The van der Waals surface area contributed by atoms with Crippen LogP contribution in [0, 0.1) is 11.3 Å². The highest BCUT2D eigenvalue weighted by Gasteiger charge is 2.04. The first-order chi connectivity index (χ1) is 10.2. The topological polar surface area (TPSA) is 35.8 Å². The van der Waals surface area contributed by atoms with Crippen molar-refractivity contribution in [3.8, 4) is 6.07 Å². The average Bonchev–Trinajstić information content (AvgIpc) is 2.55. The molecule has 0 unspecified atom stereocenters. The van der Waals surface area contributed by atoms with Crippen molar-refractivity contribution in [2.75, 3.05) is 11.6 Å². The Kier molecular flexibility index (Phi) is 5.56. The molecule has 4 heteroatoms. The second kappa shape index (κ2) is 7.63. The Morgan fingerprint density at radius 1 is 1.14 bits per heavy atom. The van der Waals surface area contributed by atoms with Crippen molar-refractivity contribution in [2.24, 2.45) is 0 Å². The van der Waals surface area contributed by atoms with E-state index in [0.717, 1.165) is 21.1 Å². The van der Waals surface area contributed by atoms with Crippen LogP contribution in [0.1, 0.15) is 11.1 Å². The summed E-state index contributed by atoms with van der Waals surface area (Å²) >= 11 is 7.01. The van der Waals surface area contributed by atoms with Crippen LogP contribution in [0.25, 0.3) is 0 Å². The van der Waals surface area contributed by atoms with Crippen molar-refractivity contribution in [3.05, 3.63) is 76.8 Å². The molecule has 0 bridgehead atoms. The summed E-state index contributed by atoms with van der Waals surface area (Å²) in [7, 11) is 0. The quantitative estimate of drug-likeness (QED) is 0.497. The van der Waals surface area contributed by atoms with E-state index in [4.69, 9.17) is 17.5 Å². The van der Waals surface area contributed by atoms with Crippen molar-refractivity contribution in [3.63, 3.8) is 0 Å². The lowest BCUT2D eigenvalue weighted by Gasteiger charge is -2.10. The van der Waals surface area contributed by atoms with E-state index in [9.17, 15) is 0 Å². The zero-order chi connectivity index (χ0) is 15.1. The summed E-state index contributed by atoms with van der Waals surface area (Å²) in [6.07, 6.45) is 3.89. The molecule has 0 heterocycles. The van der Waals surface area contributed by atoms with Gasteiger partial charge in [0.25, 0.3) is 0 Å². The van der Waals surface area contributed by atoms with Crippen LogP contribution < -0.4 is 5.32 Å². The van der Waals surface area contributed by atoms with Gasteiger partial charge in [-0.05, 0) is 30.0 Å². The Balaban J connectivity index is 2.22. The molecule has 0 aromatic heterocycles. The Labute approximate surface area is 134 Å². The number of nitrogens with zero attached hydrogens (tertiary/aromatic N) is 1. The normalized spacial score (nSPS) is 10.8. The predicted molar refractivity (Wildman–Crippen MR) is 94.5 cm³/mol. The Bertz CT molecular complexity index is 700. The molecular formula is C17H14N2S2. The van der Waals surface area contributed by atoms with E-state index < -0.39 is 0 Å². The zero-order valence-corrected chi connectivity index (χ0v) is 13.2. The standard InChI is InChI=1S/C17H14N2S2/c1-21-17(11-16(20)13-7-3-2-4-8-13)19-15-10-6-5-9-14(15)12-18/h2-11,19H,1H3/b17-11+. The summed E-state index contributed by atoms with van der Waals surface area (Å²) in [6.45, 7) is 0. The fourth-order valence-electron chi connectivity index (χ4n) is 1.77. The molecule has 0 saturated heterocycles. The van der Waals surface area contributed by atoms with Crippen LogP contribution in [-0.2, 0) is 0 Å². The van der Waals surface area contributed by atoms with Gasteiger partial charge in [-0.1, -0.05) is 54.7 Å². The molecule has 2 aromatic rings. The fourth-order valence-corrected chi connectivity index (χ4v) is 2.55. The van der Waals surface area contributed by atoms with Gasteiger partial charge >= 0.3 is 0 Å². The molecule has 21 heavy (non-hydrogen) atoms. The number of anilines is 1. The highest BCUT2D eigenvalue weighted by atomic mass is 32.2. The van der Waals surface area contributed by atoms with Gasteiger partial charge in [0.15, 0.2) is 0 Å². The number of hydrogen-bond acceptors (Lipinski definition) is 4. The molecule has 0 aliphatic carbocycles. The van der Waals surface area contributed by atoms with Gasteiger partial charge in [-0.3, -0.25) is 0 Å². The number of hydrogen-bond donors (Lipinski definition) is 1. The number of thiocarbonyl (C=S) groups is 1. The summed E-state index contributed by atoms with van der Waals surface area (Å²) < 4.78 is 0. The fraction of sp³-hybridized carbons (Fsp3) is 0.0588. The van der Waals surface area contributed by atoms with E-state index >= 15 is 0 Å². The minimum Gasteiger partial charge on any atom is -0.349 e.